The van der Waals surface area contributed by atoms with Gasteiger partial charge in [0.15, 0.2) is 0 Å². The van der Waals surface area contributed by atoms with E-state index >= 15 is 0 Å². The third-order valence-electron chi connectivity index (χ3n) is 7.33. The molecule has 0 spiro atoms. The molecule has 4 rings (SSSR count). The van der Waals surface area contributed by atoms with E-state index in [9.17, 15) is 0 Å². The molecule has 0 aromatic carbocycles. The van der Waals surface area contributed by atoms with Gasteiger partial charge in [0.2, 0.25) is 0 Å². The van der Waals surface area contributed by atoms with Gasteiger partial charge in [-0.05, 0) is 95.8 Å². The number of rotatable bonds is 4. The number of hydrogen-bond acceptors (Lipinski definition) is 2. The molecular formula is C21H37ClN2. The van der Waals surface area contributed by atoms with E-state index < -0.39 is 0 Å². The molecule has 3 aliphatic carbocycles. The van der Waals surface area contributed by atoms with Gasteiger partial charge in [-0.25, -0.2) is 0 Å². The maximum atomic E-state index is 2.84. The van der Waals surface area contributed by atoms with E-state index in [4.69, 9.17) is 0 Å². The van der Waals surface area contributed by atoms with Gasteiger partial charge in [0.1, 0.15) is 0 Å². The van der Waals surface area contributed by atoms with E-state index in [-0.39, 0.29) is 12.4 Å². The van der Waals surface area contributed by atoms with E-state index in [0.717, 1.165) is 23.7 Å². The predicted octanol–water partition coefficient (Wildman–Crippen LogP) is 4.60. The zero-order valence-corrected chi connectivity index (χ0v) is 16.6. The average molecular weight is 353 g/mol. The summed E-state index contributed by atoms with van der Waals surface area (Å²) in [4.78, 5) is 5.17. The molecule has 1 saturated heterocycles. The summed E-state index contributed by atoms with van der Waals surface area (Å²) in [6.07, 6.45) is 13.2. The molecule has 0 amide bonds. The molecule has 1 heterocycles. The minimum absolute atomic E-state index is 0. The highest BCUT2D eigenvalue weighted by Crippen LogP contribution is 2.54. The van der Waals surface area contributed by atoms with Crippen molar-refractivity contribution in [1.82, 2.24) is 9.80 Å². The highest BCUT2D eigenvalue weighted by Gasteiger charge is 2.48. The normalized spacial score (nSPS) is 36.1. The molecule has 0 bridgehead atoms. The van der Waals surface area contributed by atoms with E-state index in [1.165, 1.54) is 84.0 Å². The van der Waals surface area contributed by atoms with Crippen molar-refractivity contribution in [3.8, 4) is 0 Å². The van der Waals surface area contributed by atoms with Crippen LogP contribution in [0.5, 0.6) is 0 Å². The molecule has 4 atom stereocenters. The first-order valence-electron chi connectivity index (χ1n) is 10.3. The van der Waals surface area contributed by atoms with E-state index in [1.54, 1.807) is 0 Å². The summed E-state index contributed by atoms with van der Waals surface area (Å²) < 4.78 is 0. The smallest absolute Gasteiger partial charge is 0.00189 e. The molecule has 3 fully saturated rings. The number of allylic oxidation sites excluding steroid dienone is 2. The summed E-state index contributed by atoms with van der Waals surface area (Å²) in [6, 6.07) is 0. The number of hydrogen-bond donors (Lipinski definition) is 0. The summed E-state index contributed by atoms with van der Waals surface area (Å²) in [6.45, 7) is 5.40. The second-order valence-electron chi connectivity index (χ2n) is 9.00. The number of fused-ring (bicyclic) bond motifs is 5. The van der Waals surface area contributed by atoms with Gasteiger partial charge in [0.25, 0.3) is 0 Å². The van der Waals surface area contributed by atoms with Crippen LogP contribution in [0, 0.1) is 23.7 Å². The van der Waals surface area contributed by atoms with Crippen molar-refractivity contribution in [2.75, 3.05) is 40.3 Å². The van der Waals surface area contributed by atoms with Crippen LogP contribution in [0.15, 0.2) is 11.1 Å². The molecule has 0 N–H and O–H groups in total. The van der Waals surface area contributed by atoms with Crippen LogP contribution in [-0.4, -0.2) is 50.1 Å². The molecule has 2 saturated carbocycles. The minimum Gasteiger partial charge on any atom is -0.309 e. The molecule has 0 aromatic heterocycles. The lowest BCUT2D eigenvalue weighted by Gasteiger charge is -2.46. The van der Waals surface area contributed by atoms with Crippen molar-refractivity contribution in [2.24, 2.45) is 23.7 Å². The van der Waals surface area contributed by atoms with Crippen molar-refractivity contribution < 1.29 is 0 Å². The van der Waals surface area contributed by atoms with Gasteiger partial charge < -0.3 is 9.80 Å². The van der Waals surface area contributed by atoms with Crippen LogP contribution in [0.4, 0.5) is 0 Å². The van der Waals surface area contributed by atoms with Crippen molar-refractivity contribution in [1.29, 1.82) is 0 Å². The van der Waals surface area contributed by atoms with Crippen LogP contribution >= 0.6 is 12.4 Å². The minimum atomic E-state index is 0. The summed E-state index contributed by atoms with van der Waals surface area (Å²) in [5.74, 6) is 3.99. The second kappa shape index (κ2) is 8.10. The van der Waals surface area contributed by atoms with Crippen molar-refractivity contribution in [3.63, 3.8) is 0 Å². The summed E-state index contributed by atoms with van der Waals surface area (Å²) in [7, 11) is 4.41. The monoisotopic (exact) mass is 352 g/mol. The highest BCUT2D eigenvalue weighted by molar-refractivity contribution is 5.85. The van der Waals surface area contributed by atoms with Crippen LogP contribution in [0.3, 0.4) is 0 Å². The standard InChI is InChI=1S/C21H36N2.ClH/c1-22(2)12-7-13-23-14-20-18-10-5-3-8-16(18)17-9-4-6-11-19(17)21(20)15-23;/h18-21H,3-15H2,1-2H3;1H. The Morgan fingerprint density at radius 3 is 1.92 bits per heavy atom. The van der Waals surface area contributed by atoms with E-state index in [1.807, 2.05) is 11.1 Å². The maximum absolute atomic E-state index is 2.84. The fourth-order valence-electron chi connectivity index (χ4n) is 6.41. The summed E-state index contributed by atoms with van der Waals surface area (Å²) in [5, 5.41) is 0. The molecule has 2 nitrogen and oxygen atoms in total. The van der Waals surface area contributed by atoms with Gasteiger partial charge in [-0.1, -0.05) is 24.0 Å². The maximum Gasteiger partial charge on any atom is 0.00189 e. The van der Waals surface area contributed by atoms with Crippen molar-refractivity contribution in [3.05, 3.63) is 11.1 Å². The van der Waals surface area contributed by atoms with Crippen LogP contribution in [0.1, 0.15) is 57.8 Å². The van der Waals surface area contributed by atoms with Crippen molar-refractivity contribution in [2.45, 2.75) is 57.8 Å². The fraction of sp³-hybridized carbons (Fsp3) is 0.905. The number of halogens is 1. The first-order chi connectivity index (χ1) is 11.2. The van der Waals surface area contributed by atoms with Gasteiger partial charge in [-0.3, -0.25) is 0 Å². The lowest BCUT2D eigenvalue weighted by Crippen LogP contribution is -2.38. The van der Waals surface area contributed by atoms with E-state index in [2.05, 4.69) is 23.9 Å². The van der Waals surface area contributed by atoms with Gasteiger partial charge in [0, 0.05) is 13.1 Å². The van der Waals surface area contributed by atoms with Gasteiger partial charge >= 0.3 is 0 Å². The molecule has 24 heavy (non-hydrogen) atoms. The average Bonchev–Trinajstić information content (AvgIpc) is 2.99. The van der Waals surface area contributed by atoms with Crippen LogP contribution < -0.4 is 0 Å². The molecule has 138 valence electrons. The number of nitrogens with zero attached hydrogens (tertiary/aromatic N) is 2. The first kappa shape index (κ1) is 18.7. The Morgan fingerprint density at radius 2 is 1.42 bits per heavy atom. The molecule has 0 radical (unpaired) electrons. The number of likely N-dealkylation sites (tertiary alicyclic amines) is 1. The molecule has 3 heteroatoms. The molecular weight excluding hydrogens is 316 g/mol. The fourth-order valence-corrected chi connectivity index (χ4v) is 6.41. The van der Waals surface area contributed by atoms with E-state index in [0.29, 0.717) is 0 Å². The quantitative estimate of drug-likeness (QED) is 0.682. The highest BCUT2D eigenvalue weighted by atomic mass is 35.5. The Labute approximate surface area is 155 Å². The Morgan fingerprint density at radius 1 is 0.875 bits per heavy atom. The van der Waals surface area contributed by atoms with Gasteiger partial charge in [-0.2, -0.15) is 0 Å². The Balaban J connectivity index is 0.00000169. The largest absolute Gasteiger partial charge is 0.309 e. The Kier molecular flexibility index (Phi) is 6.32. The van der Waals surface area contributed by atoms with Gasteiger partial charge in [0.05, 0.1) is 0 Å². The molecule has 0 aromatic rings. The zero-order chi connectivity index (χ0) is 15.8. The molecule has 1 aliphatic heterocycles. The Bertz CT molecular complexity index is 425. The third kappa shape index (κ3) is 3.57. The topological polar surface area (TPSA) is 6.48 Å². The zero-order valence-electron chi connectivity index (χ0n) is 15.8. The third-order valence-corrected chi connectivity index (χ3v) is 7.33. The van der Waals surface area contributed by atoms with Crippen LogP contribution in [-0.2, 0) is 0 Å². The molecule has 4 unspecified atom stereocenters. The predicted molar refractivity (Wildman–Crippen MR) is 105 cm³/mol. The summed E-state index contributed by atoms with van der Waals surface area (Å²) in [5.41, 5.74) is 3.97. The Hall–Kier alpha value is -0.0500. The van der Waals surface area contributed by atoms with Gasteiger partial charge in [-0.15, -0.1) is 12.4 Å². The van der Waals surface area contributed by atoms with Crippen LogP contribution in [0.25, 0.3) is 0 Å². The van der Waals surface area contributed by atoms with Crippen LogP contribution in [0.2, 0.25) is 0 Å². The summed E-state index contributed by atoms with van der Waals surface area (Å²) >= 11 is 0. The second-order valence-corrected chi connectivity index (χ2v) is 9.00. The SMILES string of the molecule is CN(C)CCCN1CC2C3CCCCC3=C3CCCCC3C2C1.Cl. The van der Waals surface area contributed by atoms with Crippen molar-refractivity contribution >= 4 is 12.4 Å². The lowest BCUT2D eigenvalue weighted by molar-refractivity contribution is 0.174. The molecule has 4 aliphatic rings. The lowest BCUT2D eigenvalue weighted by atomic mass is 9.58. The first-order valence-corrected chi connectivity index (χ1v) is 10.3.